The summed E-state index contributed by atoms with van der Waals surface area (Å²) in [5.74, 6) is -0.00996. The minimum atomic E-state index is -0.0477. The van der Waals surface area contributed by atoms with Gasteiger partial charge in [0, 0.05) is 24.5 Å². The number of carbonyl (C=O) groups excluding carboxylic acids is 1. The van der Waals surface area contributed by atoms with E-state index >= 15 is 0 Å². The lowest BCUT2D eigenvalue weighted by atomic mass is 10.1. The van der Waals surface area contributed by atoms with Gasteiger partial charge in [-0.05, 0) is 30.2 Å². The van der Waals surface area contributed by atoms with Crippen molar-refractivity contribution >= 4 is 5.91 Å². The SMILES string of the molecule is C[C@@H](NC(=O)CCOCc1ccccc1)c1ccc(-n2ccnc2)cc1. The molecule has 0 aliphatic heterocycles. The monoisotopic (exact) mass is 349 g/mol. The van der Waals surface area contributed by atoms with E-state index < -0.39 is 0 Å². The molecule has 3 aromatic rings. The Morgan fingerprint density at radius 2 is 1.92 bits per heavy atom. The summed E-state index contributed by atoms with van der Waals surface area (Å²) in [5, 5.41) is 3.01. The first kappa shape index (κ1) is 17.9. The van der Waals surface area contributed by atoms with Crippen LogP contribution < -0.4 is 5.32 Å². The first-order chi connectivity index (χ1) is 12.7. The van der Waals surface area contributed by atoms with Gasteiger partial charge in [0.2, 0.25) is 5.91 Å². The fourth-order valence-electron chi connectivity index (χ4n) is 2.67. The fourth-order valence-corrected chi connectivity index (χ4v) is 2.67. The van der Waals surface area contributed by atoms with Crippen LogP contribution >= 0.6 is 0 Å². The highest BCUT2D eigenvalue weighted by atomic mass is 16.5. The third kappa shape index (κ3) is 5.04. The van der Waals surface area contributed by atoms with Crippen molar-refractivity contribution in [1.82, 2.24) is 14.9 Å². The van der Waals surface area contributed by atoms with Gasteiger partial charge >= 0.3 is 0 Å². The van der Waals surface area contributed by atoms with Crippen molar-refractivity contribution in [3.63, 3.8) is 0 Å². The number of rotatable bonds is 8. The largest absolute Gasteiger partial charge is 0.376 e. The molecule has 1 N–H and O–H groups in total. The Morgan fingerprint density at radius 1 is 1.15 bits per heavy atom. The molecule has 0 saturated heterocycles. The topological polar surface area (TPSA) is 56.1 Å². The molecule has 26 heavy (non-hydrogen) atoms. The van der Waals surface area contributed by atoms with Gasteiger partial charge in [-0.25, -0.2) is 4.98 Å². The lowest BCUT2D eigenvalue weighted by Crippen LogP contribution is -2.27. The molecule has 5 heteroatoms. The Morgan fingerprint density at radius 3 is 2.62 bits per heavy atom. The van der Waals surface area contributed by atoms with Crippen LogP contribution in [0.2, 0.25) is 0 Å². The third-order valence-corrected chi connectivity index (χ3v) is 4.16. The Bertz CT molecular complexity index is 799. The van der Waals surface area contributed by atoms with Crippen molar-refractivity contribution in [3.8, 4) is 5.69 Å². The van der Waals surface area contributed by atoms with Crippen LogP contribution in [-0.4, -0.2) is 22.1 Å². The smallest absolute Gasteiger partial charge is 0.222 e. The van der Waals surface area contributed by atoms with Crippen molar-refractivity contribution in [3.05, 3.63) is 84.4 Å². The van der Waals surface area contributed by atoms with Crippen molar-refractivity contribution in [2.45, 2.75) is 26.0 Å². The lowest BCUT2D eigenvalue weighted by Gasteiger charge is -2.15. The highest BCUT2D eigenvalue weighted by molar-refractivity contribution is 5.76. The number of carbonyl (C=O) groups is 1. The van der Waals surface area contributed by atoms with Gasteiger partial charge in [0.1, 0.15) is 0 Å². The molecule has 0 bridgehead atoms. The van der Waals surface area contributed by atoms with Gasteiger partial charge in [-0.15, -0.1) is 0 Å². The normalized spacial score (nSPS) is 11.9. The molecule has 3 rings (SSSR count). The number of hydrogen-bond donors (Lipinski definition) is 1. The molecule has 1 atom stereocenters. The maximum absolute atomic E-state index is 12.1. The van der Waals surface area contributed by atoms with E-state index in [1.807, 2.05) is 72.3 Å². The van der Waals surface area contributed by atoms with Crippen molar-refractivity contribution in [1.29, 1.82) is 0 Å². The minimum absolute atomic E-state index is 0.00996. The molecule has 0 spiro atoms. The van der Waals surface area contributed by atoms with Gasteiger partial charge in [-0.3, -0.25) is 4.79 Å². The molecule has 1 heterocycles. The summed E-state index contributed by atoms with van der Waals surface area (Å²) in [6.07, 6.45) is 5.76. The van der Waals surface area contributed by atoms with Crippen LogP contribution in [0, 0.1) is 0 Å². The Kier molecular flexibility index (Phi) is 6.17. The van der Waals surface area contributed by atoms with Crippen LogP contribution in [0.5, 0.6) is 0 Å². The standard InChI is InChI=1S/C21H23N3O2/c1-17(19-7-9-20(10-8-19)24-13-12-22-16-24)23-21(25)11-14-26-15-18-5-3-2-4-6-18/h2-10,12-13,16-17H,11,14-15H2,1H3,(H,23,25)/t17-/m1/s1. The maximum Gasteiger partial charge on any atom is 0.222 e. The molecule has 0 fully saturated rings. The zero-order chi connectivity index (χ0) is 18.2. The van der Waals surface area contributed by atoms with Crippen LogP contribution in [0.25, 0.3) is 5.69 Å². The molecule has 2 aromatic carbocycles. The average Bonchev–Trinajstić information content (AvgIpc) is 3.21. The second kappa shape index (κ2) is 8.97. The van der Waals surface area contributed by atoms with Gasteiger partial charge in [0.25, 0.3) is 0 Å². The number of nitrogens with zero attached hydrogens (tertiary/aromatic N) is 2. The highest BCUT2D eigenvalue weighted by Gasteiger charge is 2.09. The van der Waals surface area contributed by atoms with Gasteiger partial charge in [-0.1, -0.05) is 42.5 Å². The van der Waals surface area contributed by atoms with Gasteiger partial charge in [-0.2, -0.15) is 0 Å². The summed E-state index contributed by atoms with van der Waals surface area (Å²) >= 11 is 0. The number of ether oxygens (including phenoxy) is 1. The molecule has 1 amide bonds. The molecule has 0 radical (unpaired) electrons. The zero-order valence-corrected chi connectivity index (χ0v) is 14.8. The highest BCUT2D eigenvalue weighted by Crippen LogP contribution is 2.15. The van der Waals surface area contributed by atoms with E-state index in [1.54, 1.807) is 12.5 Å². The number of hydrogen-bond acceptors (Lipinski definition) is 3. The second-order valence-electron chi connectivity index (χ2n) is 6.14. The van der Waals surface area contributed by atoms with Crippen LogP contribution in [0.4, 0.5) is 0 Å². The first-order valence-electron chi connectivity index (χ1n) is 8.72. The van der Waals surface area contributed by atoms with Crippen LogP contribution in [0.1, 0.15) is 30.5 Å². The van der Waals surface area contributed by atoms with Crippen molar-refractivity contribution < 1.29 is 9.53 Å². The summed E-state index contributed by atoms with van der Waals surface area (Å²) in [4.78, 5) is 16.1. The maximum atomic E-state index is 12.1. The molecule has 1 aromatic heterocycles. The quantitative estimate of drug-likeness (QED) is 0.632. The molecule has 134 valence electrons. The van der Waals surface area contributed by atoms with Crippen LogP contribution in [0.15, 0.2) is 73.3 Å². The number of benzene rings is 2. The zero-order valence-electron chi connectivity index (χ0n) is 14.8. The Labute approximate surface area is 153 Å². The van der Waals surface area contributed by atoms with Gasteiger partial charge in [0.15, 0.2) is 0 Å². The third-order valence-electron chi connectivity index (χ3n) is 4.16. The molecule has 0 saturated carbocycles. The summed E-state index contributed by atoms with van der Waals surface area (Å²) in [7, 11) is 0. The first-order valence-corrected chi connectivity index (χ1v) is 8.72. The minimum Gasteiger partial charge on any atom is -0.376 e. The van der Waals surface area contributed by atoms with E-state index in [4.69, 9.17) is 4.74 Å². The summed E-state index contributed by atoms with van der Waals surface area (Å²) in [6, 6.07) is 18.0. The summed E-state index contributed by atoms with van der Waals surface area (Å²) < 4.78 is 7.51. The molecule has 0 aliphatic carbocycles. The molecule has 0 aliphatic rings. The van der Waals surface area contributed by atoms with Crippen LogP contribution in [0.3, 0.4) is 0 Å². The van der Waals surface area contributed by atoms with E-state index in [9.17, 15) is 4.79 Å². The Balaban J connectivity index is 1.42. The predicted molar refractivity (Wildman–Crippen MR) is 101 cm³/mol. The Hall–Kier alpha value is -2.92. The van der Waals surface area contributed by atoms with Gasteiger partial charge in [0.05, 0.1) is 25.6 Å². The van der Waals surface area contributed by atoms with Crippen molar-refractivity contribution in [2.24, 2.45) is 0 Å². The number of imidazole rings is 1. The van der Waals surface area contributed by atoms with E-state index in [-0.39, 0.29) is 11.9 Å². The predicted octanol–water partition coefficient (Wildman–Crippen LogP) is 3.66. The fraction of sp³-hybridized carbons (Fsp3) is 0.238. The van der Waals surface area contributed by atoms with Crippen molar-refractivity contribution in [2.75, 3.05) is 6.61 Å². The number of amides is 1. The molecular formula is C21H23N3O2. The van der Waals surface area contributed by atoms with E-state index in [1.165, 1.54) is 0 Å². The lowest BCUT2D eigenvalue weighted by molar-refractivity contribution is -0.122. The van der Waals surface area contributed by atoms with E-state index in [0.717, 1.165) is 16.8 Å². The van der Waals surface area contributed by atoms with E-state index in [0.29, 0.717) is 19.6 Å². The van der Waals surface area contributed by atoms with Gasteiger partial charge < -0.3 is 14.6 Å². The molecule has 5 nitrogen and oxygen atoms in total. The number of nitrogens with one attached hydrogen (secondary N) is 1. The molecular weight excluding hydrogens is 326 g/mol. The number of aromatic nitrogens is 2. The summed E-state index contributed by atoms with van der Waals surface area (Å²) in [6.45, 7) is 2.92. The van der Waals surface area contributed by atoms with Crippen LogP contribution in [-0.2, 0) is 16.1 Å². The van der Waals surface area contributed by atoms with E-state index in [2.05, 4.69) is 10.3 Å². The summed E-state index contributed by atoms with van der Waals surface area (Å²) in [5.41, 5.74) is 3.21. The average molecular weight is 349 g/mol. The second-order valence-corrected chi connectivity index (χ2v) is 6.14. The molecule has 0 unspecified atom stereocenters.